The standard InChI is InChI=1S/C10H20N2O3/c1-2-12-5-3-9(4-6-12)11-10(14)15-8-7-13/h9,13H,2-8H2,1H3,(H,11,14). The zero-order valence-electron chi connectivity index (χ0n) is 9.24. The van der Waals surface area contributed by atoms with Gasteiger partial charge in [-0.25, -0.2) is 4.79 Å². The molecule has 1 saturated heterocycles. The van der Waals surface area contributed by atoms with Gasteiger partial charge in [0.25, 0.3) is 0 Å². The summed E-state index contributed by atoms with van der Waals surface area (Å²) in [7, 11) is 0. The number of nitrogens with one attached hydrogen (secondary N) is 1. The Morgan fingerprint density at radius 3 is 2.73 bits per heavy atom. The van der Waals surface area contributed by atoms with Crippen LogP contribution in [0.25, 0.3) is 0 Å². The molecular weight excluding hydrogens is 196 g/mol. The van der Waals surface area contributed by atoms with Gasteiger partial charge in [-0.2, -0.15) is 0 Å². The molecule has 0 aliphatic carbocycles. The highest BCUT2D eigenvalue weighted by Gasteiger charge is 2.19. The van der Waals surface area contributed by atoms with Crippen molar-refractivity contribution < 1.29 is 14.6 Å². The lowest BCUT2D eigenvalue weighted by Gasteiger charge is -2.31. The molecule has 0 aromatic carbocycles. The molecule has 5 heteroatoms. The maximum atomic E-state index is 11.2. The van der Waals surface area contributed by atoms with Crippen LogP contribution in [0.4, 0.5) is 4.79 Å². The van der Waals surface area contributed by atoms with Crippen molar-refractivity contribution in [3.05, 3.63) is 0 Å². The minimum absolute atomic E-state index is 0.0691. The summed E-state index contributed by atoms with van der Waals surface area (Å²) in [6, 6.07) is 0.221. The SMILES string of the molecule is CCN1CCC(NC(=O)OCCO)CC1. The molecule has 5 nitrogen and oxygen atoms in total. The van der Waals surface area contributed by atoms with E-state index < -0.39 is 6.09 Å². The van der Waals surface area contributed by atoms with Gasteiger partial charge >= 0.3 is 6.09 Å². The molecule has 1 aliphatic heterocycles. The number of carbonyl (C=O) groups is 1. The fraction of sp³-hybridized carbons (Fsp3) is 0.900. The van der Waals surface area contributed by atoms with E-state index in [1.54, 1.807) is 0 Å². The number of hydrogen-bond donors (Lipinski definition) is 2. The summed E-state index contributed by atoms with van der Waals surface area (Å²) in [4.78, 5) is 13.5. The predicted molar refractivity (Wildman–Crippen MR) is 56.7 cm³/mol. The summed E-state index contributed by atoms with van der Waals surface area (Å²) in [5.41, 5.74) is 0. The third-order valence-electron chi connectivity index (χ3n) is 2.68. The largest absolute Gasteiger partial charge is 0.447 e. The van der Waals surface area contributed by atoms with E-state index in [4.69, 9.17) is 9.84 Å². The number of carbonyl (C=O) groups excluding carboxylic acids is 1. The van der Waals surface area contributed by atoms with Crippen molar-refractivity contribution in [2.75, 3.05) is 32.8 Å². The number of piperidine rings is 1. The van der Waals surface area contributed by atoms with Gasteiger partial charge in [-0.3, -0.25) is 0 Å². The topological polar surface area (TPSA) is 61.8 Å². The van der Waals surface area contributed by atoms with E-state index >= 15 is 0 Å². The molecule has 1 amide bonds. The second-order valence-electron chi connectivity index (χ2n) is 3.71. The van der Waals surface area contributed by atoms with Gasteiger partial charge in [0.05, 0.1) is 6.61 Å². The molecule has 1 aliphatic rings. The lowest BCUT2D eigenvalue weighted by atomic mass is 10.1. The van der Waals surface area contributed by atoms with Crippen molar-refractivity contribution in [1.29, 1.82) is 0 Å². The second-order valence-corrected chi connectivity index (χ2v) is 3.71. The highest BCUT2D eigenvalue weighted by molar-refractivity contribution is 5.67. The second kappa shape index (κ2) is 6.63. The highest BCUT2D eigenvalue weighted by Crippen LogP contribution is 2.09. The molecule has 0 radical (unpaired) electrons. The van der Waals surface area contributed by atoms with Crippen LogP contribution in [0.1, 0.15) is 19.8 Å². The Labute approximate surface area is 90.4 Å². The number of ether oxygens (including phenoxy) is 1. The van der Waals surface area contributed by atoms with Crippen LogP contribution in [0.2, 0.25) is 0 Å². The lowest BCUT2D eigenvalue weighted by molar-refractivity contribution is 0.111. The number of aliphatic hydroxyl groups excluding tert-OH is 1. The molecule has 0 aromatic rings. The summed E-state index contributed by atoms with van der Waals surface area (Å²) in [6.45, 7) is 5.22. The van der Waals surface area contributed by atoms with Crippen LogP contribution in [0, 0.1) is 0 Å². The fourth-order valence-electron chi connectivity index (χ4n) is 1.74. The minimum atomic E-state index is -0.418. The summed E-state index contributed by atoms with van der Waals surface area (Å²) in [6.07, 6.45) is 1.53. The molecule has 2 N–H and O–H groups in total. The molecule has 1 fully saturated rings. The van der Waals surface area contributed by atoms with Gasteiger partial charge in [0, 0.05) is 19.1 Å². The van der Waals surface area contributed by atoms with Crippen molar-refractivity contribution in [1.82, 2.24) is 10.2 Å². The number of likely N-dealkylation sites (tertiary alicyclic amines) is 1. The van der Waals surface area contributed by atoms with Gasteiger partial charge < -0.3 is 20.1 Å². The number of aliphatic hydroxyl groups is 1. The van der Waals surface area contributed by atoms with E-state index in [0.29, 0.717) is 0 Å². The van der Waals surface area contributed by atoms with Gasteiger partial charge in [0.1, 0.15) is 6.61 Å². The van der Waals surface area contributed by atoms with Crippen molar-refractivity contribution in [2.24, 2.45) is 0 Å². The maximum Gasteiger partial charge on any atom is 0.407 e. The molecular formula is C10H20N2O3. The molecule has 88 valence electrons. The summed E-state index contributed by atoms with van der Waals surface area (Å²) < 4.78 is 4.73. The molecule has 0 unspecified atom stereocenters. The van der Waals surface area contributed by atoms with Crippen molar-refractivity contribution in [3.8, 4) is 0 Å². The normalized spacial score (nSPS) is 18.8. The molecule has 0 aromatic heterocycles. The number of hydrogen-bond acceptors (Lipinski definition) is 4. The van der Waals surface area contributed by atoms with Crippen LogP contribution in [-0.4, -0.2) is 55.0 Å². The van der Waals surface area contributed by atoms with E-state index in [-0.39, 0.29) is 19.3 Å². The fourth-order valence-corrected chi connectivity index (χ4v) is 1.74. The summed E-state index contributed by atoms with van der Waals surface area (Å²) >= 11 is 0. The molecule has 0 bridgehead atoms. The van der Waals surface area contributed by atoms with E-state index in [9.17, 15) is 4.79 Å². The molecule has 1 heterocycles. The molecule has 0 atom stereocenters. The zero-order chi connectivity index (χ0) is 11.1. The van der Waals surface area contributed by atoms with E-state index in [1.165, 1.54) is 0 Å². The Morgan fingerprint density at radius 2 is 2.20 bits per heavy atom. The Morgan fingerprint density at radius 1 is 1.53 bits per heavy atom. The number of amides is 1. The summed E-state index contributed by atoms with van der Waals surface area (Å²) in [5.74, 6) is 0. The monoisotopic (exact) mass is 216 g/mol. The first-order chi connectivity index (χ1) is 7.26. The highest BCUT2D eigenvalue weighted by atomic mass is 16.6. The first-order valence-corrected chi connectivity index (χ1v) is 5.52. The van der Waals surface area contributed by atoms with Crippen LogP contribution < -0.4 is 5.32 Å². The average molecular weight is 216 g/mol. The van der Waals surface area contributed by atoms with Gasteiger partial charge in [-0.1, -0.05) is 6.92 Å². The quantitative estimate of drug-likeness (QED) is 0.704. The van der Waals surface area contributed by atoms with E-state index in [0.717, 1.165) is 32.5 Å². The Balaban J connectivity index is 2.15. The number of rotatable bonds is 4. The number of nitrogens with zero attached hydrogens (tertiary/aromatic N) is 1. The number of alkyl carbamates (subject to hydrolysis) is 1. The summed E-state index contributed by atoms with van der Waals surface area (Å²) in [5, 5.41) is 11.3. The predicted octanol–water partition coefficient (Wildman–Crippen LogP) is 0.189. The van der Waals surface area contributed by atoms with Crippen LogP contribution in [-0.2, 0) is 4.74 Å². The Hall–Kier alpha value is -0.810. The van der Waals surface area contributed by atoms with Crippen LogP contribution >= 0.6 is 0 Å². The van der Waals surface area contributed by atoms with Gasteiger partial charge in [0.2, 0.25) is 0 Å². The molecule has 1 rings (SSSR count). The molecule has 0 saturated carbocycles. The van der Waals surface area contributed by atoms with E-state index in [2.05, 4.69) is 17.1 Å². The van der Waals surface area contributed by atoms with Crippen LogP contribution in [0.15, 0.2) is 0 Å². The molecule has 0 spiro atoms. The first-order valence-electron chi connectivity index (χ1n) is 5.52. The third kappa shape index (κ3) is 4.48. The van der Waals surface area contributed by atoms with Crippen LogP contribution in [0.3, 0.4) is 0 Å². The van der Waals surface area contributed by atoms with Crippen LogP contribution in [0.5, 0.6) is 0 Å². The van der Waals surface area contributed by atoms with Crippen molar-refractivity contribution in [2.45, 2.75) is 25.8 Å². The zero-order valence-corrected chi connectivity index (χ0v) is 9.24. The molecule has 15 heavy (non-hydrogen) atoms. The average Bonchev–Trinajstić information content (AvgIpc) is 2.27. The smallest absolute Gasteiger partial charge is 0.407 e. The van der Waals surface area contributed by atoms with Gasteiger partial charge in [-0.05, 0) is 19.4 Å². The maximum absolute atomic E-state index is 11.2. The lowest BCUT2D eigenvalue weighted by Crippen LogP contribution is -2.44. The van der Waals surface area contributed by atoms with Gasteiger partial charge in [-0.15, -0.1) is 0 Å². The first kappa shape index (κ1) is 12.3. The Bertz CT molecular complexity index is 191. The Kier molecular flexibility index (Phi) is 5.42. The minimum Gasteiger partial charge on any atom is -0.447 e. The van der Waals surface area contributed by atoms with Crippen molar-refractivity contribution in [3.63, 3.8) is 0 Å². The van der Waals surface area contributed by atoms with Crippen molar-refractivity contribution >= 4 is 6.09 Å². The van der Waals surface area contributed by atoms with E-state index in [1.807, 2.05) is 0 Å². The van der Waals surface area contributed by atoms with Gasteiger partial charge in [0.15, 0.2) is 0 Å². The third-order valence-corrected chi connectivity index (χ3v) is 2.68.